The fraction of sp³-hybridized carbons (Fsp3) is 0.667. The smallest absolute Gasteiger partial charge is 0.405 e. The number of thiol groups is 1. The number of rotatable bonds is 5. The highest BCUT2D eigenvalue weighted by atomic mass is 32.1. The molecule has 0 aliphatic carbocycles. The van der Waals surface area contributed by atoms with Gasteiger partial charge in [-0.1, -0.05) is 0 Å². The Morgan fingerprint density at radius 3 is 2.46 bits per heavy atom. The molecule has 1 atom stereocenters. The van der Waals surface area contributed by atoms with E-state index in [1.165, 1.54) is 0 Å². The zero-order valence-electron chi connectivity index (χ0n) is 6.86. The molecular formula is C6H12N2O4S. The zero-order chi connectivity index (χ0) is 10.3. The van der Waals surface area contributed by atoms with Gasteiger partial charge in [0, 0.05) is 12.3 Å². The van der Waals surface area contributed by atoms with E-state index >= 15 is 0 Å². The minimum atomic E-state index is -1.35. The van der Waals surface area contributed by atoms with Gasteiger partial charge in [0.05, 0.1) is 6.61 Å². The molecular weight excluding hydrogens is 196 g/mol. The molecule has 0 rings (SSSR count). The van der Waals surface area contributed by atoms with Gasteiger partial charge in [-0.05, 0) is 0 Å². The van der Waals surface area contributed by atoms with Crippen LogP contribution in [0, 0.1) is 0 Å². The molecule has 0 aliphatic rings. The second-order valence-electron chi connectivity index (χ2n) is 2.20. The minimum absolute atomic E-state index is 0.333. The molecule has 7 heteroatoms. The highest BCUT2D eigenvalue weighted by molar-refractivity contribution is 7.80. The minimum Gasteiger partial charge on any atom is -0.465 e. The van der Waals surface area contributed by atoms with Crippen molar-refractivity contribution in [2.24, 2.45) is 0 Å². The number of amides is 2. The molecule has 0 aromatic rings. The number of aliphatic hydroxyl groups is 1. The second kappa shape index (κ2) is 6.55. The zero-order valence-corrected chi connectivity index (χ0v) is 7.75. The molecule has 0 aliphatic heterocycles. The second-order valence-corrected chi connectivity index (χ2v) is 2.65. The van der Waals surface area contributed by atoms with E-state index in [1.54, 1.807) is 0 Å². The number of carbonyl (C=O) groups excluding carboxylic acids is 1. The van der Waals surface area contributed by atoms with Crippen molar-refractivity contribution < 1.29 is 19.8 Å². The molecule has 0 saturated carbocycles. The molecule has 4 N–H and O–H groups in total. The summed E-state index contributed by atoms with van der Waals surface area (Å²) in [5.74, 6) is -0.101. The lowest BCUT2D eigenvalue weighted by molar-refractivity contribution is -0.123. The third-order valence-corrected chi connectivity index (χ3v) is 1.43. The van der Waals surface area contributed by atoms with Crippen LogP contribution >= 0.6 is 12.6 Å². The molecule has 0 bridgehead atoms. The average molecular weight is 208 g/mol. The van der Waals surface area contributed by atoms with Crippen LogP contribution in [0.1, 0.15) is 0 Å². The molecule has 13 heavy (non-hydrogen) atoms. The molecule has 0 unspecified atom stereocenters. The first-order valence-electron chi connectivity index (χ1n) is 3.60. The lowest BCUT2D eigenvalue weighted by Gasteiger charge is -2.13. The van der Waals surface area contributed by atoms with Crippen LogP contribution in [0.15, 0.2) is 0 Å². The largest absolute Gasteiger partial charge is 0.465 e. The Bertz CT molecular complexity index is 187. The molecule has 0 aromatic heterocycles. The van der Waals surface area contributed by atoms with Crippen LogP contribution in [-0.2, 0) is 4.79 Å². The molecule has 0 radical (unpaired) electrons. The molecule has 2 amide bonds. The van der Waals surface area contributed by atoms with E-state index in [4.69, 9.17) is 10.2 Å². The van der Waals surface area contributed by atoms with Gasteiger partial charge in [-0.2, -0.15) is 12.6 Å². The van der Waals surface area contributed by atoms with Gasteiger partial charge in [-0.25, -0.2) is 4.79 Å². The van der Waals surface area contributed by atoms with Gasteiger partial charge in [0.25, 0.3) is 0 Å². The predicted molar refractivity (Wildman–Crippen MR) is 48.9 cm³/mol. The van der Waals surface area contributed by atoms with E-state index in [0.717, 1.165) is 0 Å². The van der Waals surface area contributed by atoms with Crippen molar-refractivity contribution in [1.29, 1.82) is 0 Å². The SMILES string of the molecule is O=C(O)N[C@@H](CO)C(=O)NCCS. The van der Waals surface area contributed by atoms with Crippen molar-refractivity contribution in [3.05, 3.63) is 0 Å². The van der Waals surface area contributed by atoms with Gasteiger partial charge in [0.2, 0.25) is 5.91 Å². The maximum atomic E-state index is 11.0. The molecule has 0 heterocycles. The quantitative estimate of drug-likeness (QED) is 0.361. The number of carbonyl (C=O) groups is 2. The fourth-order valence-corrected chi connectivity index (χ4v) is 0.757. The van der Waals surface area contributed by atoms with Crippen LogP contribution in [-0.4, -0.2) is 47.2 Å². The lowest BCUT2D eigenvalue weighted by Crippen LogP contribution is -2.48. The van der Waals surface area contributed by atoms with Crippen molar-refractivity contribution in [2.45, 2.75) is 6.04 Å². The number of hydrogen-bond donors (Lipinski definition) is 5. The van der Waals surface area contributed by atoms with Crippen molar-refractivity contribution >= 4 is 24.6 Å². The fourth-order valence-electron chi connectivity index (χ4n) is 0.645. The maximum absolute atomic E-state index is 11.0. The van der Waals surface area contributed by atoms with Gasteiger partial charge in [0.1, 0.15) is 6.04 Å². The molecule has 76 valence electrons. The molecule has 0 aromatic carbocycles. The van der Waals surface area contributed by atoms with Crippen molar-refractivity contribution in [3.63, 3.8) is 0 Å². The molecule has 6 nitrogen and oxygen atoms in total. The van der Waals surface area contributed by atoms with Crippen LogP contribution in [0.25, 0.3) is 0 Å². The maximum Gasteiger partial charge on any atom is 0.405 e. The Balaban J connectivity index is 3.92. The first-order valence-corrected chi connectivity index (χ1v) is 4.24. The average Bonchev–Trinajstić information content (AvgIpc) is 2.09. The summed E-state index contributed by atoms with van der Waals surface area (Å²) in [6.07, 6.45) is -1.35. The lowest BCUT2D eigenvalue weighted by atomic mass is 10.3. The Hall–Kier alpha value is -0.950. The Labute approximate surface area is 80.7 Å². The number of nitrogens with one attached hydrogen (secondary N) is 2. The standard InChI is InChI=1S/C6H12N2O4S/c9-3-4(8-6(11)12)5(10)7-1-2-13/h4,8-9,13H,1-3H2,(H,7,10)(H,11,12)/t4-/m0/s1. The Morgan fingerprint density at radius 2 is 2.08 bits per heavy atom. The summed E-state index contributed by atoms with van der Waals surface area (Å²) in [6.45, 7) is -0.232. The molecule has 0 saturated heterocycles. The van der Waals surface area contributed by atoms with Gasteiger partial charge in [0.15, 0.2) is 0 Å². The molecule has 0 spiro atoms. The van der Waals surface area contributed by atoms with Crippen LogP contribution in [0.5, 0.6) is 0 Å². The van der Waals surface area contributed by atoms with E-state index < -0.39 is 24.6 Å². The normalized spacial score (nSPS) is 11.8. The summed E-state index contributed by atoms with van der Waals surface area (Å²) < 4.78 is 0. The van der Waals surface area contributed by atoms with E-state index in [9.17, 15) is 9.59 Å². The highest BCUT2D eigenvalue weighted by Gasteiger charge is 2.18. The van der Waals surface area contributed by atoms with E-state index in [-0.39, 0.29) is 0 Å². The van der Waals surface area contributed by atoms with Crippen LogP contribution in [0.2, 0.25) is 0 Å². The number of carboxylic acid groups (broad SMARTS) is 1. The summed E-state index contributed by atoms with van der Waals surface area (Å²) >= 11 is 3.85. The Morgan fingerprint density at radius 1 is 1.46 bits per heavy atom. The highest BCUT2D eigenvalue weighted by Crippen LogP contribution is 1.83. The summed E-state index contributed by atoms with van der Waals surface area (Å²) in [5, 5.41) is 21.2. The van der Waals surface area contributed by atoms with Crippen LogP contribution in [0.3, 0.4) is 0 Å². The summed E-state index contributed by atoms with van der Waals surface area (Å²) in [5.41, 5.74) is 0. The summed E-state index contributed by atoms with van der Waals surface area (Å²) in [6, 6.07) is -1.11. The summed E-state index contributed by atoms with van der Waals surface area (Å²) in [7, 11) is 0. The number of aliphatic hydroxyl groups excluding tert-OH is 1. The van der Waals surface area contributed by atoms with Crippen LogP contribution in [0.4, 0.5) is 4.79 Å². The van der Waals surface area contributed by atoms with Crippen molar-refractivity contribution in [2.75, 3.05) is 18.9 Å². The monoisotopic (exact) mass is 208 g/mol. The topological polar surface area (TPSA) is 98.7 Å². The Kier molecular flexibility index (Phi) is 6.07. The van der Waals surface area contributed by atoms with E-state index in [0.29, 0.717) is 12.3 Å². The van der Waals surface area contributed by atoms with Gasteiger partial charge < -0.3 is 20.8 Å². The van der Waals surface area contributed by atoms with Gasteiger partial charge in [-0.3, -0.25) is 4.79 Å². The first kappa shape index (κ1) is 12.0. The first-order chi connectivity index (χ1) is 6.11. The predicted octanol–water partition coefficient (Wildman–Crippen LogP) is -1.34. The van der Waals surface area contributed by atoms with Crippen molar-refractivity contribution in [1.82, 2.24) is 10.6 Å². The van der Waals surface area contributed by atoms with Crippen molar-refractivity contribution in [3.8, 4) is 0 Å². The molecule has 0 fully saturated rings. The van der Waals surface area contributed by atoms with E-state index in [2.05, 4.69) is 17.9 Å². The number of hydrogen-bond acceptors (Lipinski definition) is 4. The van der Waals surface area contributed by atoms with Gasteiger partial charge >= 0.3 is 6.09 Å². The van der Waals surface area contributed by atoms with Gasteiger partial charge in [-0.15, -0.1) is 0 Å². The third kappa shape index (κ3) is 5.31. The van der Waals surface area contributed by atoms with Crippen LogP contribution < -0.4 is 10.6 Å². The summed E-state index contributed by atoms with van der Waals surface area (Å²) in [4.78, 5) is 21.2. The third-order valence-electron chi connectivity index (χ3n) is 1.21. The van der Waals surface area contributed by atoms with E-state index in [1.807, 2.05) is 5.32 Å².